The molecule has 0 aliphatic carbocycles. The average Bonchev–Trinajstić information content (AvgIpc) is 2.80. The number of piperidine rings is 1. The summed E-state index contributed by atoms with van der Waals surface area (Å²) in [5.74, 6) is -5.25. The van der Waals surface area contributed by atoms with E-state index in [0.29, 0.717) is 10.6 Å². The van der Waals surface area contributed by atoms with E-state index in [4.69, 9.17) is 11.6 Å². The summed E-state index contributed by atoms with van der Waals surface area (Å²) in [6.07, 6.45) is 4.84. The molecule has 1 aliphatic heterocycles. The van der Waals surface area contributed by atoms with Gasteiger partial charge in [0.05, 0.1) is 6.54 Å². The monoisotopic (exact) mass is 483 g/mol. The van der Waals surface area contributed by atoms with Gasteiger partial charge in [-0.2, -0.15) is 8.78 Å². The molecule has 0 spiro atoms. The van der Waals surface area contributed by atoms with E-state index in [2.05, 4.69) is 30.7 Å². The second-order valence-electron chi connectivity index (χ2n) is 9.44. The highest BCUT2D eigenvalue weighted by Gasteiger charge is 2.45. The smallest absolute Gasteiger partial charge is 0.322 e. The van der Waals surface area contributed by atoms with E-state index in [1.54, 1.807) is 30.7 Å². The van der Waals surface area contributed by atoms with Crippen LogP contribution in [0, 0.1) is 0 Å². The van der Waals surface area contributed by atoms with E-state index < -0.39 is 24.2 Å². The van der Waals surface area contributed by atoms with E-state index in [9.17, 15) is 18.4 Å². The number of amides is 1. The minimum absolute atomic E-state index is 0.0406. The van der Waals surface area contributed by atoms with Gasteiger partial charge < -0.3 is 4.90 Å². The first-order valence-corrected chi connectivity index (χ1v) is 11.3. The first kappa shape index (κ1) is 24.0. The van der Waals surface area contributed by atoms with Gasteiger partial charge >= 0.3 is 5.92 Å². The summed E-state index contributed by atoms with van der Waals surface area (Å²) >= 11 is 6.50. The van der Waals surface area contributed by atoms with Crippen LogP contribution in [0.25, 0.3) is 22.3 Å². The Kier molecular flexibility index (Phi) is 6.25. The van der Waals surface area contributed by atoms with Crippen molar-refractivity contribution in [3.63, 3.8) is 0 Å². The van der Waals surface area contributed by atoms with Crippen molar-refractivity contribution in [3.05, 3.63) is 71.3 Å². The van der Waals surface area contributed by atoms with Crippen LogP contribution < -0.4 is 0 Å². The number of carbonyl (C=O) groups is 2. The number of hydrogen-bond acceptors (Lipinski definition) is 4. The van der Waals surface area contributed by atoms with Crippen LogP contribution in [-0.2, 0) is 10.2 Å². The summed E-state index contributed by atoms with van der Waals surface area (Å²) in [7, 11) is 0. The molecule has 8 heteroatoms. The Morgan fingerprint density at radius 3 is 2.47 bits per heavy atom. The standard InChI is InChI=1S/C26H24ClF2N3O2/c1-25(2,3)22-12-16(6-8-31-22)18-10-19(14-30-13-18)20-5-4-17(11-21(20)27)24(34)32-9-7-23(33)26(28,29)15-32/h4-6,8,10-14H,7,9,15H2,1-3H3. The van der Waals surface area contributed by atoms with Crippen LogP contribution in [-0.4, -0.2) is 45.6 Å². The second kappa shape index (κ2) is 8.87. The van der Waals surface area contributed by atoms with Crippen LogP contribution in [0.1, 0.15) is 43.2 Å². The minimum Gasteiger partial charge on any atom is -0.332 e. The summed E-state index contributed by atoms with van der Waals surface area (Å²) in [6.45, 7) is 5.33. The van der Waals surface area contributed by atoms with Gasteiger partial charge in [-0.25, -0.2) is 0 Å². The Morgan fingerprint density at radius 1 is 1.06 bits per heavy atom. The van der Waals surface area contributed by atoms with Crippen LogP contribution in [0.5, 0.6) is 0 Å². The fraction of sp³-hybridized carbons (Fsp3) is 0.308. The zero-order chi connectivity index (χ0) is 24.7. The molecule has 0 atom stereocenters. The fourth-order valence-corrected chi connectivity index (χ4v) is 4.12. The van der Waals surface area contributed by atoms with Crippen molar-refractivity contribution in [2.24, 2.45) is 0 Å². The number of ketones is 1. The lowest BCUT2D eigenvalue weighted by Gasteiger charge is -2.31. The van der Waals surface area contributed by atoms with Crippen LogP contribution >= 0.6 is 11.6 Å². The first-order valence-electron chi connectivity index (χ1n) is 10.9. The van der Waals surface area contributed by atoms with Gasteiger partial charge in [-0.3, -0.25) is 19.6 Å². The minimum atomic E-state index is -3.52. The number of benzene rings is 1. The molecule has 3 heterocycles. The number of alkyl halides is 2. The molecule has 1 saturated heterocycles. The van der Waals surface area contributed by atoms with Crippen molar-refractivity contribution in [1.29, 1.82) is 0 Å². The number of pyridine rings is 2. The molecule has 0 N–H and O–H groups in total. The first-order chi connectivity index (χ1) is 16.0. The highest BCUT2D eigenvalue weighted by atomic mass is 35.5. The van der Waals surface area contributed by atoms with Crippen molar-refractivity contribution >= 4 is 23.3 Å². The third-order valence-corrected chi connectivity index (χ3v) is 6.13. The number of halogens is 3. The van der Waals surface area contributed by atoms with Crippen molar-refractivity contribution in [2.75, 3.05) is 13.1 Å². The van der Waals surface area contributed by atoms with Crippen molar-refractivity contribution < 1.29 is 18.4 Å². The van der Waals surface area contributed by atoms with Crippen molar-refractivity contribution in [2.45, 2.75) is 38.5 Å². The van der Waals surface area contributed by atoms with Gasteiger partial charge in [0.25, 0.3) is 5.91 Å². The van der Waals surface area contributed by atoms with E-state index in [-0.39, 0.29) is 23.9 Å². The quantitative estimate of drug-likeness (QED) is 0.471. The van der Waals surface area contributed by atoms with Gasteiger partial charge in [-0.05, 0) is 35.9 Å². The molecule has 1 amide bonds. The van der Waals surface area contributed by atoms with Crippen molar-refractivity contribution in [3.8, 4) is 22.3 Å². The molecule has 0 radical (unpaired) electrons. The highest BCUT2D eigenvalue weighted by molar-refractivity contribution is 6.33. The van der Waals surface area contributed by atoms with Crippen LogP contribution in [0.15, 0.2) is 55.0 Å². The Labute approximate surface area is 201 Å². The average molecular weight is 484 g/mol. The zero-order valence-electron chi connectivity index (χ0n) is 19.1. The van der Waals surface area contributed by atoms with Crippen LogP contribution in [0.3, 0.4) is 0 Å². The largest absolute Gasteiger partial charge is 0.332 e. The maximum atomic E-state index is 13.8. The molecular weight excluding hydrogens is 460 g/mol. The van der Waals surface area contributed by atoms with E-state index in [1.807, 2.05) is 18.2 Å². The summed E-state index contributed by atoms with van der Waals surface area (Å²) < 4.78 is 27.6. The Bertz CT molecular complexity index is 1270. The highest BCUT2D eigenvalue weighted by Crippen LogP contribution is 2.33. The topological polar surface area (TPSA) is 63.2 Å². The van der Waals surface area contributed by atoms with Gasteiger partial charge in [0.15, 0.2) is 0 Å². The number of rotatable bonds is 3. The van der Waals surface area contributed by atoms with Gasteiger partial charge in [0.1, 0.15) is 0 Å². The normalized spacial score (nSPS) is 15.9. The molecule has 0 saturated carbocycles. The second-order valence-corrected chi connectivity index (χ2v) is 9.85. The molecule has 1 fully saturated rings. The Morgan fingerprint density at radius 2 is 1.79 bits per heavy atom. The van der Waals surface area contributed by atoms with Gasteiger partial charge in [-0.1, -0.05) is 38.4 Å². The predicted octanol–water partition coefficient (Wildman–Crippen LogP) is 5.81. The van der Waals surface area contributed by atoms with Gasteiger partial charge in [0, 0.05) is 69.9 Å². The SMILES string of the molecule is CC(C)(C)c1cc(-c2cncc(-c3ccc(C(=O)N4CCC(=O)C(F)(F)C4)cc3Cl)c2)ccn1. The zero-order valence-corrected chi connectivity index (χ0v) is 19.9. The number of likely N-dealkylation sites (tertiary alicyclic amines) is 1. The predicted molar refractivity (Wildman–Crippen MR) is 127 cm³/mol. The Balaban J connectivity index is 1.61. The molecule has 34 heavy (non-hydrogen) atoms. The molecule has 0 bridgehead atoms. The third kappa shape index (κ3) is 4.85. The van der Waals surface area contributed by atoms with Crippen LogP contribution in [0.2, 0.25) is 5.02 Å². The number of nitrogens with zero attached hydrogens (tertiary/aromatic N) is 3. The van der Waals surface area contributed by atoms with Gasteiger partial charge in [0.2, 0.25) is 5.78 Å². The lowest BCUT2D eigenvalue weighted by atomic mass is 9.90. The summed E-state index contributed by atoms with van der Waals surface area (Å²) in [6, 6.07) is 10.6. The molecule has 176 valence electrons. The summed E-state index contributed by atoms with van der Waals surface area (Å²) in [4.78, 5) is 33.9. The lowest BCUT2D eigenvalue weighted by molar-refractivity contribution is -0.149. The molecule has 0 unspecified atom stereocenters. The maximum absolute atomic E-state index is 13.8. The van der Waals surface area contributed by atoms with Crippen LogP contribution in [0.4, 0.5) is 8.78 Å². The number of carbonyl (C=O) groups excluding carboxylic acids is 2. The lowest BCUT2D eigenvalue weighted by Crippen LogP contribution is -2.51. The molecular formula is C26H24ClF2N3O2. The fourth-order valence-electron chi connectivity index (χ4n) is 3.83. The Hall–Kier alpha value is -3.19. The van der Waals surface area contributed by atoms with Crippen molar-refractivity contribution in [1.82, 2.24) is 14.9 Å². The molecule has 1 aliphatic rings. The number of aromatic nitrogens is 2. The summed E-state index contributed by atoms with van der Waals surface area (Å²) in [5, 5.41) is 0.301. The maximum Gasteiger partial charge on any atom is 0.322 e. The van der Waals surface area contributed by atoms with Gasteiger partial charge in [-0.15, -0.1) is 0 Å². The molecule has 3 aromatic rings. The molecule has 2 aromatic heterocycles. The van der Waals surface area contributed by atoms with E-state index in [0.717, 1.165) is 27.3 Å². The van der Waals surface area contributed by atoms with E-state index in [1.165, 1.54) is 6.07 Å². The van der Waals surface area contributed by atoms with E-state index >= 15 is 0 Å². The molecule has 5 nitrogen and oxygen atoms in total. The third-order valence-electron chi connectivity index (χ3n) is 5.82. The molecule has 4 rings (SSSR count). The number of hydrogen-bond donors (Lipinski definition) is 0. The summed E-state index contributed by atoms with van der Waals surface area (Å²) in [5.41, 5.74) is 4.33. The number of Topliss-reactive ketones (excluding diaryl/α,β-unsaturated/α-hetero) is 1. The molecule has 1 aromatic carbocycles.